The number of benzene rings is 2. The number of nitro groups is 1. The number of rotatable bonds is 7. The van der Waals surface area contributed by atoms with Crippen LogP contribution in [-0.2, 0) is 4.79 Å². The van der Waals surface area contributed by atoms with Gasteiger partial charge in [0.2, 0.25) is 5.91 Å². The number of nitrogens with zero attached hydrogens (tertiary/aromatic N) is 1. The van der Waals surface area contributed by atoms with Crippen LogP contribution in [-0.4, -0.2) is 23.3 Å². The molecule has 2 aromatic rings. The Morgan fingerprint density at radius 3 is 2.48 bits per heavy atom. The maximum absolute atomic E-state index is 12.1. The van der Waals surface area contributed by atoms with E-state index in [9.17, 15) is 19.7 Å². The monoisotopic (exact) mass is 367 g/mol. The zero-order valence-electron chi connectivity index (χ0n) is 15.1. The number of hydrogen-bond donors (Lipinski definition) is 2. The Balaban J connectivity index is 1.98. The molecule has 0 unspecified atom stereocenters. The quantitative estimate of drug-likeness (QED) is 0.443. The molecule has 0 heterocycles. The van der Waals surface area contributed by atoms with Gasteiger partial charge in [-0.05, 0) is 47.9 Å². The molecule has 2 amide bonds. The van der Waals surface area contributed by atoms with Gasteiger partial charge in [0.1, 0.15) is 0 Å². The summed E-state index contributed by atoms with van der Waals surface area (Å²) < 4.78 is 0. The summed E-state index contributed by atoms with van der Waals surface area (Å²) in [5, 5.41) is 16.1. The number of nitrogens with one attached hydrogen (secondary N) is 2. The van der Waals surface area contributed by atoms with Gasteiger partial charge in [0, 0.05) is 36.0 Å². The number of carbonyl (C=O) groups is 2. The van der Waals surface area contributed by atoms with Crippen molar-refractivity contribution in [2.45, 2.75) is 13.8 Å². The van der Waals surface area contributed by atoms with Crippen molar-refractivity contribution >= 4 is 29.3 Å². The molecule has 0 aliphatic heterocycles. The van der Waals surface area contributed by atoms with Crippen LogP contribution in [0.25, 0.3) is 6.08 Å². The minimum atomic E-state index is -0.482. The molecule has 0 aliphatic carbocycles. The van der Waals surface area contributed by atoms with Crippen molar-refractivity contribution < 1.29 is 14.5 Å². The van der Waals surface area contributed by atoms with Crippen molar-refractivity contribution in [1.29, 1.82) is 0 Å². The van der Waals surface area contributed by atoms with Gasteiger partial charge in [-0.1, -0.05) is 19.9 Å². The summed E-state index contributed by atoms with van der Waals surface area (Å²) in [7, 11) is 0. The Morgan fingerprint density at radius 2 is 1.85 bits per heavy atom. The highest BCUT2D eigenvalue weighted by molar-refractivity contribution is 6.03. The number of carbonyl (C=O) groups excluding carboxylic acids is 2. The molecule has 2 rings (SSSR count). The second-order valence-electron chi connectivity index (χ2n) is 6.36. The average molecular weight is 367 g/mol. The van der Waals surface area contributed by atoms with Gasteiger partial charge >= 0.3 is 0 Å². The van der Waals surface area contributed by atoms with Gasteiger partial charge in [-0.15, -0.1) is 0 Å². The second-order valence-corrected chi connectivity index (χ2v) is 6.36. The summed E-state index contributed by atoms with van der Waals surface area (Å²) in [4.78, 5) is 34.3. The first kappa shape index (κ1) is 19.8. The highest BCUT2D eigenvalue weighted by Gasteiger charge is 2.08. The molecular weight excluding hydrogens is 346 g/mol. The van der Waals surface area contributed by atoms with Crippen molar-refractivity contribution in [3.8, 4) is 0 Å². The molecule has 140 valence electrons. The van der Waals surface area contributed by atoms with Crippen LogP contribution in [0.3, 0.4) is 0 Å². The third-order valence-corrected chi connectivity index (χ3v) is 3.59. The smallest absolute Gasteiger partial charge is 0.269 e. The molecule has 27 heavy (non-hydrogen) atoms. The number of nitro benzene ring substituents is 1. The van der Waals surface area contributed by atoms with E-state index in [4.69, 9.17) is 0 Å². The van der Waals surface area contributed by atoms with Crippen LogP contribution in [0.4, 0.5) is 11.4 Å². The first-order chi connectivity index (χ1) is 12.8. The second kappa shape index (κ2) is 9.28. The lowest BCUT2D eigenvalue weighted by atomic mass is 10.1. The van der Waals surface area contributed by atoms with Crippen molar-refractivity contribution in [2.24, 2.45) is 5.92 Å². The van der Waals surface area contributed by atoms with Crippen LogP contribution >= 0.6 is 0 Å². The van der Waals surface area contributed by atoms with Gasteiger partial charge in [-0.25, -0.2) is 0 Å². The number of hydrogen-bond acceptors (Lipinski definition) is 4. The number of anilines is 1. The Morgan fingerprint density at radius 1 is 1.15 bits per heavy atom. The molecule has 0 saturated carbocycles. The molecule has 7 nitrogen and oxygen atoms in total. The van der Waals surface area contributed by atoms with Crippen LogP contribution in [0.1, 0.15) is 29.8 Å². The molecule has 0 bridgehead atoms. The maximum Gasteiger partial charge on any atom is 0.269 e. The van der Waals surface area contributed by atoms with E-state index < -0.39 is 4.92 Å². The summed E-state index contributed by atoms with van der Waals surface area (Å²) in [5.41, 5.74) is 1.63. The molecule has 2 N–H and O–H groups in total. The fourth-order valence-corrected chi connectivity index (χ4v) is 2.20. The number of non-ortho nitro benzene ring substituents is 1. The predicted molar refractivity (Wildman–Crippen MR) is 104 cm³/mol. The van der Waals surface area contributed by atoms with E-state index in [1.54, 1.807) is 42.5 Å². The van der Waals surface area contributed by atoms with Gasteiger partial charge in [0.15, 0.2) is 0 Å². The van der Waals surface area contributed by atoms with E-state index in [0.717, 1.165) is 0 Å². The van der Waals surface area contributed by atoms with Crippen molar-refractivity contribution in [3.05, 3.63) is 75.8 Å². The largest absolute Gasteiger partial charge is 0.352 e. The summed E-state index contributed by atoms with van der Waals surface area (Å²) in [6, 6.07) is 12.5. The van der Waals surface area contributed by atoms with Crippen LogP contribution < -0.4 is 10.6 Å². The zero-order chi connectivity index (χ0) is 19.8. The maximum atomic E-state index is 12.1. The van der Waals surface area contributed by atoms with Crippen molar-refractivity contribution in [2.75, 3.05) is 11.9 Å². The Bertz CT molecular complexity index is 858. The van der Waals surface area contributed by atoms with Gasteiger partial charge in [-0.2, -0.15) is 0 Å². The average Bonchev–Trinajstić information content (AvgIpc) is 2.65. The SMILES string of the molecule is CC(C)CNC(=O)c1cccc(NC(=O)/C=C/c2ccc([N+](=O)[O-])cc2)c1. The number of amides is 2. The van der Waals surface area contributed by atoms with E-state index >= 15 is 0 Å². The molecular formula is C20H21N3O4. The first-order valence-electron chi connectivity index (χ1n) is 8.47. The minimum Gasteiger partial charge on any atom is -0.352 e. The van der Waals surface area contributed by atoms with Gasteiger partial charge in [-0.3, -0.25) is 19.7 Å². The molecule has 0 fully saturated rings. The molecule has 0 aliphatic rings. The van der Waals surface area contributed by atoms with Crippen molar-refractivity contribution in [1.82, 2.24) is 5.32 Å². The van der Waals surface area contributed by atoms with Gasteiger partial charge < -0.3 is 10.6 Å². The molecule has 0 saturated heterocycles. The lowest BCUT2D eigenvalue weighted by Crippen LogP contribution is -2.27. The standard InChI is InChI=1S/C20H21N3O4/c1-14(2)13-21-20(25)16-4-3-5-17(12-16)22-19(24)11-8-15-6-9-18(10-7-15)23(26)27/h3-12,14H,13H2,1-2H3,(H,21,25)(H,22,24)/b11-8+. The van der Waals surface area contributed by atoms with E-state index in [0.29, 0.717) is 29.3 Å². The van der Waals surface area contributed by atoms with Crippen molar-refractivity contribution in [3.63, 3.8) is 0 Å². The van der Waals surface area contributed by atoms with Gasteiger partial charge in [0.05, 0.1) is 4.92 Å². The Kier molecular flexibility index (Phi) is 6.82. The van der Waals surface area contributed by atoms with Crippen LogP contribution in [0.2, 0.25) is 0 Å². The van der Waals surface area contributed by atoms with E-state index in [2.05, 4.69) is 10.6 Å². The molecule has 0 spiro atoms. The molecule has 0 radical (unpaired) electrons. The zero-order valence-corrected chi connectivity index (χ0v) is 15.1. The highest BCUT2D eigenvalue weighted by Crippen LogP contribution is 2.14. The summed E-state index contributed by atoms with van der Waals surface area (Å²) in [6.45, 7) is 4.59. The van der Waals surface area contributed by atoms with E-state index in [1.165, 1.54) is 18.2 Å². The summed E-state index contributed by atoms with van der Waals surface area (Å²) in [5.74, 6) is -0.212. The fourth-order valence-electron chi connectivity index (χ4n) is 2.20. The third-order valence-electron chi connectivity index (χ3n) is 3.59. The summed E-state index contributed by atoms with van der Waals surface area (Å²) >= 11 is 0. The van der Waals surface area contributed by atoms with E-state index in [1.807, 2.05) is 13.8 Å². The first-order valence-corrected chi connectivity index (χ1v) is 8.47. The van der Waals surface area contributed by atoms with Crippen LogP contribution in [0, 0.1) is 16.0 Å². The van der Waals surface area contributed by atoms with Crippen LogP contribution in [0.15, 0.2) is 54.6 Å². The van der Waals surface area contributed by atoms with Gasteiger partial charge in [0.25, 0.3) is 11.6 Å². The molecule has 7 heteroatoms. The fraction of sp³-hybridized carbons (Fsp3) is 0.200. The topological polar surface area (TPSA) is 101 Å². The lowest BCUT2D eigenvalue weighted by Gasteiger charge is -2.09. The third kappa shape index (κ3) is 6.39. The molecule has 2 aromatic carbocycles. The summed E-state index contributed by atoms with van der Waals surface area (Å²) in [6.07, 6.45) is 2.88. The van der Waals surface area contributed by atoms with Crippen LogP contribution in [0.5, 0.6) is 0 Å². The lowest BCUT2D eigenvalue weighted by molar-refractivity contribution is -0.384. The van der Waals surface area contributed by atoms with E-state index in [-0.39, 0.29) is 17.5 Å². The Labute approximate surface area is 157 Å². The minimum absolute atomic E-state index is 0.0100. The molecule has 0 aromatic heterocycles. The molecule has 0 atom stereocenters. The normalized spacial score (nSPS) is 10.8. The predicted octanol–water partition coefficient (Wildman–Crippen LogP) is 3.63. The highest BCUT2D eigenvalue weighted by atomic mass is 16.6. The Hall–Kier alpha value is -3.48.